The first-order valence-corrected chi connectivity index (χ1v) is 12.3. The average molecular weight is 509 g/mol. The number of para-hydroxylation sites is 1. The third-order valence-corrected chi connectivity index (χ3v) is 6.45. The number of nitriles is 1. The third kappa shape index (κ3) is 5.05. The van der Waals surface area contributed by atoms with Crippen molar-refractivity contribution in [3.8, 4) is 17.5 Å². The Morgan fingerprint density at radius 2 is 1.81 bits per heavy atom. The van der Waals surface area contributed by atoms with Crippen LogP contribution in [0.15, 0.2) is 71.6 Å². The molecule has 0 bridgehead atoms. The number of nitrogens with one attached hydrogen (secondary N) is 4. The lowest BCUT2D eigenvalue weighted by Gasteiger charge is -2.09. The fraction of sp³-hybridized carbons (Fsp3) is 0.0769. The van der Waals surface area contributed by atoms with E-state index >= 15 is 0 Å². The normalized spacial score (nSPS) is 10.7. The van der Waals surface area contributed by atoms with Crippen LogP contribution in [0, 0.1) is 11.3 Å². The van der Waals surface area contributed by atoms with Crippen molar-refractivity contribution in [1.82, 2.24) is 25.6 Å². The maximum atomic E-state index is 13.1. The van der Waals surface area contributed by atoms with Gasteiger partial charge in [0, 0.05) is 21.4 Å². The lowest BCUT2D eigenvalue weighted by molar-refractivity contribution is 0.101. The summed E-state index contributed by atoms with van der Waals surface area (Å²) in [6, 6.07) is 21.4. The molecule has 0 unspecified atom stereocenters. The number of rotatable bonds is 7. The van der Waals surface area contributed by atoms with Crippen molar-refractivity contribution in [3.63, 3.8) is 0 Å². The first-order chi connectivity index (χ1) is 18.1. The summed E-state index contributed by atoms with van der Waals surface area (Å²) in [5.74, 6) is 0.547. The molecular formula is C26H20N8O2S. The van der Waals surface area contributed by atoms with Gasteiger partial charge in [-0.1, -0.05) is 19.1 Å². The van der Waals surface area contributed by atoms with Crippen molar-refractivity contribution in [3.05, 3.63) is 83.6 Å². The van der Waals surface area contributed by atoms with Gasteiger partial charge in [-0.2, -0.15) is 10.5 Å². The zero-order valence-electron chi connectivity index (χ0n) is 19.6. The number of H-pyrrole nitrogens is 2. The minimum Gasteiger partial charge on any atom is -0.349 e. The fourth-order valence-electron chi connectivity index (χ4n) is 3.82. The SMILES string of the molecule is CCSc1ccc(C(=O)Nc2cccc3cc(C(=O)Nc4ccc(C#N)cc4-c4nn[nH]n4)[nH]c23)cc1. The highest BCUT2D eigenvalue weighted by molar-refractivity contribution is 7.99. The highest BCUT2D eigenvalue weighted by Crippen LogP contribution is 2.28. The Labute approximate surface area is 215 Å². The van der Waals surface area contributed by atoms with Crippen molar-refractivity contribution in [1.29, 1.82) is 5.26 Å². The number of fused-ring (bicyclic) bond motifs is 1. The Hall–Kier alpha value is -4.95. The molecule has 0 fully saturated rings. The van der Waals surface area contributed by atoms with Gasteiger partial charge in [-0.15, -0.1) is 22.0 Å². The van der Waals surface area contributed by atoms with Crippen LogP contribution in [0.4, 0.5) is 11.4 Å². The summed E-state index contributed by atoms with van der Waals surface area (Å²) in [6.45, 7) is 2.08. The Kier molecular flexibility index (Phi) is 6.65. The van der Waals surface area contributed by atoms with E-state index in [0.717, 1.165) is 16.0 Å². The second-order valence-electron chi connectivity index (χ2n) is 7.93. The van der Waals surface area contributed by atoms with Crippen LogP contribution in [-0.4, -0.2) is 43.2 Å². The van der Waals surface area contributed by atoms with Crippen molar-refractivity contribution in [2.45, 2.75) is 11.8 Å². The number of benzene rings is 3. The van der Waals surface area contributed by atoms with Gasteiger partial charge in [-0.25, -0.2) is 0 Å². The van der Waals surface area contributed by atoms with E-state index in [-0.39, 0.29) is 11.7 Å². The molecule has 5 rings (SSSR count). The van der Waals surface area contributed by atoms with Crippen LogP contribution in [0.5, 0.6) is 0 Å². The number of hydrogen-bond acceptors (Lipinski definition) is 7. The highest BCUT2D eigenvalue weighted by atomic mass is 32.2. The van der Waals surface area contributed by atoms with Crippen LogP contribution in [0.25, 0.3) is 22.3 Å². The molecule has 2 amide bonds. The molecule has 0 aliphatic rings. The number of amides is 2. The first-order valence-electron chi connectivity index (χ1n) is 11.3. The molecule has 0 spiro atoms. The smallest absolute Gasteiger partial charge is 0.272 e. The minimum atomic E-state index is -0.410. The van der Waals surface area contributed by atoms with E-state index in [9.17, 15) is 14.9 Å². The molecule has 3 aromatic carbocycles. The Balaban J connectivity index is 1.39. The number of hydrogen-bond donors (Lipinski definition) is 4. The molecule has 5 aromatic rings. The number of carbonyl (C=O) groups is 2. The summed E-state index contributed by atoms with van der Waals surface area (Å²) >= 11 is 1.71. The molecule has 10 nitrogen and oxygen atoms in total. The Morgan fingerprint density at radius 3 is 2.54 bits per heavy atom. The predicted molar refractivity (Wildman–Crippen MR) is 141 cm³/mol. The molecule has 2 heterocycles. The van der Waals surface area contributed by atoms with Crippen molar-refractivity contribution in [2.24, 2.45) is 0 Å². The van der Waals surface area contributed by atoms with Crippen molar-refractivity contribution < 1.29 is 9.59 Å². The average Bonchev–Trinajstić information content (AvgIpc) is 3.61. The van der Waals surface area contributed by atoms with Crippen LogP contribution < -0.4 is 10.6 Å². The van der Waals surface area contributed by atoms with Crippen molar-refractivity contribution >= 4 is 45.9 Å². The molecular weight excluding hydrogens is 488 g/mol. The molecule has 0 saturated heterocycles. The molecule has 0 atom stereocenters. The monoisotopic (exact) mass is 508 g/mol. The Bertz CT molecular complexity index is 1640. The third-order valence-electron chi connectivity index (χ3n) is 5.56. The van der Waals surface area contributed by atoms with E-state index in [4.69, 9.17) is 0 Å². The van der Waals surface area contributed by atoms with E-state index in [1.54, 1.807) is 54.2 Å². The number of nitrogens with zero attached hydrogens (tertiary/aromatic N) is 4. The summed E-state index contributed by atoms with van der Waals surface area (Å²) in [6.07, 6.45) is 0. The molecule has 37 heavy (non-hydrogen) atoms. The second-order valence-corrected chi connectivity index (χ2v) is 9.26. The van der Waals surface area contributed by atoms with Gasteiger partial charge in [-0.05, 0) is 65.6 Å². The van der Waals surface area contributed by atoms with E-state index in [1.165, 1.54) is 0 Å². The van der Waals surface area contributed by atoms with Crippen LogP contribution in [-0.2, 0) is 0 Å². The zero-order chi connectivity index (χ0) is 25.8. The summed E-state index contributed by atoms with van der Waals surface area (Å²) in [7, 11) is 0. The zero-order valence-corrected chi connectivity index (χ0v) is 20.4. The molecule has 0 aliphatic carbocycles. The number of aromatic amines is 2. The molecule has 11 heteroatoms. The summed E-state index contributed by atoms with van der Waals surface area (Å²) < 4.78 is 0. The van der Waals surface area contributed by atoms with Crippen LogP contribution in [0.3, 0.4) is 0 Å². The van der Waals surface area contributed by atoms with Crippen LogP contribution in [0.1, 0.15) is 33.3 Å². The summed E-state index contributed by atoms with van der Waals surface area (Å²) in [4.78, 5) is 30.2. The predicted octanol–water partition coefficient (Wildman–Crippen LogP) is 4.84. The number of tetrazole rings is 1. The standard InChI is InChI=1S/C26H20N8O2S/c1-2-37-18-9-7-16(8-10-18)25(35)30-21-5-3-4-17-13-22(28-23(17)21)26(36)29-20-11-6-15(14-27)12-19(20)24-31-33-34-32-24/h3-13,28H,2H2,1H3,(H,29,36)(H,30,35)(H,31,32,33,34). The minimum absolute atomic E-state index is 0.246. The number of thioether (sulfide) groups is 1. The molecule has 0 saturated carbocycles. The topological polar surface area (TPSA) is 152 Å². The van der Waals surface area contributed by atoms with Crippen molar-refractivity contribution in [2.75, 3.05) is 16.4 Å². The lowest BCUT2D eigenvalue weighted by Crippen LogP contribution is -2.14. The molecule has 0 aliphatic heterocycles. The fourth-order valence-corrected chi connectivity index (χ4v) is 4.48. The van der Waals surface area contributed by atoms with Crippen LogP contribution >= 0.6 is 11.8 Å². The van der Waals surface area contributed by atoms with Crippen LogP contribution in [0.2, 0.25) is 0 Å². The Morgan fingerprint density at radius 1 is 1.00 bits per heavy atom. The number of aromatic nitrogens is 5. The quantitative estimate of drug-likeness (QED) is 0.230. The van der Waals surface area contributed by atoms with E-state index in [1.807, 2.05) is 24.3 Å². The van der Waals surface area contributed by atoms with E-state index in [0.29, 0.717) is 39.3 Å². The van der Waals surface area contributed by atoms with Gasteiger partial charge in [0.05, 0.1) is 28.5 Å². The molecule has 2 aromatic heterocycles. The number of anilines is 2. The summed E-state index contributed by atoms with van der Waals surface area (Å²) in [5, 5.41) is 29.6. The number of carbonyl (C=O) groups excluding carboxylic acids is 2. The lowest BCUT2D eigenvalue weighted by atomic mass is 10.1. The van der Waals surface area contributed by atoms with Gasteiger partial charge in [0.25, 0.3) is 11.8 Å². The molecule has 0 radical (unpaired) electrons. The maximum absolute atomic E-state index is 13.1. The van der Waals surface area contributed by atoms with Gasteiger partial charge in [-0.3, -0.25) is 9.59 Å². The van der Waals surface area contributed by atoms with Gasteiger partial charge < -0.3 is 15.6 Å². The van der Waals surface area contributed by atoms with Gasteiger partial charge in [0.1, 0.15) is 5.69 Å². The van der Waals surface area contributed by atoms with Gasteiger partial charge in [0.2, 0.25) is 5.82 Å². The second kappa shape index (κ2) is 10.3. The maximum Gasteiger partial charge on any atom is 0.272 e. The highest BCUT2D eigenvalue weighted by Gasteiger charge is 2.17. The van der Waals surface area contributed by atoms with E-state index in [2.05, 4.69) is 49.2 Å². The van der Waals surface area contributed by atoms with Gasteiger partial charge in [0.15, 0.2) is 0 Å². The summed E-state index contributed by atoms with van der Waals surface area (Å²) in [5.41, 5.74) is 3.27. The molecule has 4 N–H and O–H groups in total. The largest absolute Gasteiger partial charge is 0.349 e. The van der Waals surface area contributed by atoms with Gasteiger partial charge >= 0.3 is 0 Å². The first kappa shape index (κ1) is 23.8. The molecule has 182 valence electrons. The van der Waals surface area contributed by atoms with E-state index < -0.39 is 5.91 Å².